The van der Waals surface area contributed by atoms with Crippen LogP contribution in [0.3, 0.4) is 0 Å². The molecular formula is C27H34F3N3O2. The van der Waals surface area contributed by atoms with E-state index in [1.165, 1.54) is 6.07 Å². The van der Waals surface area contributed by atoms with Gasteiger partial charge in [-0.05, 0) is 85.8 Å². The standard InChI is InChI=1S/C27H34F3N3O2/c1-25-12-10-20-18(6-9-22-26(20,2)13-11-24(35)33(22)3)19(25)7-4-16(25)14-23(34)32-17-5-8-21(31-15-17)27(28,29)30/h5,8,11,13,15-16,18-20,22H,4,6-7,9-10,12,14H2,1-3H3,(H,32,34)/t16-,18?,19?,20?,22?,25-,26-/m1/s1. The van der Waals surface area contributed by atoms with Gasteiger partial charge < -0.3 is 10.2 Å². The lowest BCUT2D eigenvalue weighted by Gasteiger charge is -2.60. The van der Waals surface area contributed by atoms with Gasteiger partial charge in [0.25, 0.3) is 0 Å². The van der Waals surface area contributed by atoms with Crippen molar-refractivity contribution in [3.05, 3.63) is 36.2 Å². The minimum atomic E-state index is -4.50. The highest BCUT2D eigenvalue weighted by Crippen LogP contribution is 2.66. The maximum atomic E-state index is 12.8. The molecule has 3 aliphatic carbocycles. The molecule has 1 aromatic heterocycles. The zero-order valence-electron chi connectivity index (χ0n) is 20.6. The number of carbonyl (C=O) groups excluding carboxylic acids is 2. The van der Waals surface area contributed by atoms with Crippen LogP contribution in [-0.2, 0) is 15.8 Å². The summed E-state index contributed by atoms with van der Waals surface area (Å²) in [4.78, 5) is 30.5. The van der Waals surface area contributed by atoms with Gasteiger partial charge in [-0.1, -0.05) is 19.9 Å². The van der Waals surface area contributed by atoms with Crippen LogP contribution in [-0.4, -0.2) is 34.8 Å². The number of likely N-dealkylation sites (N-methyl/N-ethyl adjacent to an activating group) is 1. The number of carbonyl (C=O) groups is 2. The molecule has 4 aliphatic rings. The third-order valence-corrected chi connectivity index (χ3v) is 10.1. The predicted molar refractivity (Wildman–Crippen MR) is 126 cm³/mol. The molecule has 190 valence electrons. The number of hydrogen-bond acceptors (Lipinski definition) is 3. The summed E-state index contributed by atoms with van der Waals surface area (Å²) in [5, 5.41) is 2.75. The topological polar surface area (TPSA) is 62.3 Å². The first-order valence-corrected chi connectivity index (χ1v) is 12.7. The third-order valence-electron chi connectivity index (χ3n) is 10.1. The molecule has 1 aromatic rings. The number of hydrogen-bond donors (Lipinski definition) is 1. The van der Waals surface area contributed by atoms with Gasteiger partial charge in [0.2, 0.25) is 11.8 Å². The average Bonchev–Trinajstić information content (AvgIpc) is 3.12. The number of halogens is 3. The first kappa shape index (κ1) is 24.3. The van der Waals surface area contributed by atoms with Crippen molar-refractivity contribution in [1.29, 1.82) is 0 Å². The van der Waals surface area contributed by atoms with Gasteiger partial charge in [0.05, 0.1) is 11.9 Å². The van der Waals surface area contributed by atoms with Gasteiger partial charge in [-0.25, -0.2) is 4.98 Å². The third kappa shape index (κ3) is 3.97. The minimum Gasteiger partial charge on any atom is -0.338 e. The van der Waals surface area contributed by atoms with Crippen LogP contribution in [0.5, 0.6) is 0 Å². The number of nitrogens with one attached hydrogen (secondary N) is 1. The largest absolute Gasteiger partial charge is 0.433 e. The van der Waals surface area contributed by atoms with Gasteiger partial charge in [-0.2, -0.15) is 13.2 Å². The molecular weight excluding hydrogens is 455 g/mol. The Balaban J connectivity index is 1.27. The van der Waals surface area contributed by atoms with Crippen molar-refractivity contribution in [1.82, 2.24) is 9.88 Å². The molecule has 2 amide bonds. The molecule has 0 bridgehead atoms. The fourth-order valence-corrected chi connectivity index (χ4v) is 8.25. The molecule has 0 saturated heterocycles. The van der Waals surface area contributed by atoms with E-state index in [-0.39, 0.29) is 34.6 Å². The fraction of sp³-hybridized carbons (Fsp3) is 0.667. The number of nitrogens with zero attached hydrogens (tertiary/aromatic N) is 2. The van der Waals surface area contributed by atoms with Gasteiger partial charge in [-0.3, -0.25) is 9.59 Å². The van der Waals surface area contributed by atoms with Crippen LogP contribution in [0.25, 0.3) is 0 Å². The van der Waals surface area contributed by atoms with E-state index in [9.17, 15) is 22.8 Å². The second-order valence-corrected chi connectivity index (χ2v) is 11.6. The number of pyridine rings is 1. The fourth-order valence-electron chi connectivity index (χ4n) is 8.25. The smallest absolute Gasteiger partial charge is 0.338 e. The predicted octanol–water partition coefficient (Wildman–Crippen LogP) is 5.68. The maximum Gasteiger partial charge on any atom is 0.433 e. The Bertz CT molecular complexity index is 1040. The van der Waals surface area contributed by atoms with Gasteiger partial charge in [0.15, 0.2) is 0 Å². The van der Waals surface area contributed by atoms with Gasteiger partial charge in [0, 0.05) is 24.9 Å². The van der Waals surface area contributed by atoms with Crippen LogP contribution in [0, 0.1) is 34.5 Å². The molecule has 1 N–H and O–H groups in total. The molecule has 0 radical (unpaired) electrons. The van der Waals surface area contributed by atoms with E-state index in [0.29, 0.717) is 29.9 Å². The normalized spacial score (nSPS) is 38.5. The second kappa shape index (κ2) is 8.34. The summed E-state index contributed by atoms with van der Waals surface area (Å²) < 4.78 is 38.3. The summed E-state index contributed by atoms with van der Waals surface area (Å²) in [6.07, 6.45) is 7.28. The van der Waals surface area contributed by atoms with Gasteiger partial charge >= 0.3 is 6.18 Å². The van der Waals surface area contributed by atoms with Crippen LogP contribution in [0.15, 0.2) is 30.5 Å². The van der Waals surface area contributed by atoms with Crippen molar-refractivity contribution >= 4 is 17.5 Å². The molecule has 4 unspecified atom stereocenters. The summed E-state index contributed by atoms with van der Waals surface area (Å²) in [6, 6.07) is 2.41. The van der Waals surface area contributed by atoms with Crippen molar-refractivity contribution in [2.45, 2.75) is 71.0 Å². The molecule has 5 nitrogen and oxygen atoms in total. The van der Waals surface area contributed by atoms with Gasteiger partial charge in [0.1, 0.15) is 5.69 Å². The van der Waals surface area contributed by atoms with Crippen LogP contribution < -0.4 is 5.32 Å². The number of amides is 2. The second-order valence-electron chi connectivity index (χ2n) is 11.6. The monoisotopic (exact) mass is 489 g/mol. The Morgan fingerprint density at radius 3 is 2.60 bits per heavy atom. The molecule has 0 spiro atoms. The zero-order chi connectivity index (χ0) is 25.2. The Kier molecular flexibility index (Phi) is 5.80. The summed E-state index contributed by atoms with van der Waals surface area (Å²) in [5.41, 5.74) is -0.594. The van der Waals surface area contributed by atoms with E-state index >= 15 is 0 Å². The number of aromatic nitrogens is 1. The zero-order valence-corrected chi connectivity index (χ0v) is 20.6. The van der Waals surface area contributed by atoms with Crippen LogP contribution >= 0.6 is 0 Å². The van der Waals surface area contributed by atoms with Crippen LogP contribution in [0.2, 0.25) is 0 Å². The van der Waals surface area contributed by atoms with Gasteiger partial charge in [-0.15, -0.1) is 0 Å². The Hall–Kier alpha value is -2.38. The number of anilines is 1. The molecule has 5 rings (SSSR count). The summed E-state index contributed by atoms with van der Waals surface area (Å²) in [5.74, 6) is 1.88. The molecule has 3 fully saturated rings. The SMILES string of the molecule is CN1C(=O)C=C[C@]2(C)C3CC[C@@]4(C)C(CC[C@@H]4CC(=O)Nc4ccc(C(F)(F)F)nc4)C3CCC12. The summed E-state index contributed by atoms with van der Waals surface area (Å²) in [6.45, 7) is 4.67. The van der Waals surface area contributed by atoms with E-state index in [4.69, 9.17) is 0 Å². The van der Waals surface area contributed by atoms with Crippen molar-refractivity contribution in [2.24, 2.45) is 34.5 Å². The number of fused-ring (bicyclic) bond motifs is 5. The maximum absolute atomic E-state index is 12.8. The van der Waals surface area contributed by atoms with Crippen LogP contribution in [0.4, 0.5) is 18.9 Å². The number of rotatable bonds is 3. The molecule has 1 aliphatic heterocycles. The van der Waals surface area contributed by atoms with E-state index in [1.807, 2.05) is 11.9 Å². The highest BCUT2D eigenvalue weighted by Gasteiger charge is 2.60. The first-order valence-electron chi connectivity index (χ1n) is 12.7. The molecule has 8 heteroatoms. The van der Waals surface area contributed by atoms with Crippen molar-refractivity contribution < 1.29 is 22.8 Å². The lowest BCUT2D eigenvalue weighted by atomic mass is 9.47. The van der Waals surface area contributed by atoms with E-state index in [2.05, 4.69) is 30.2 Å². The Labute approximate surface area is 204 Å². The molecule has 7 atom stereocenters. The minimum absolute atomic E-state index is 0.00204. The number of alkyl halides is 3. The highest BCUT2D eigenvalue weighted by molar-refractivity contribution is 5.90. The van der Waals surface area contributed by atoms with Crippen LogP contribution in [0.1, 0.15) is 64.5 Å². The van der Waals surface area contributed by atoms with Crippen molar-refractivity contribution in [2.75, 3.05) is 12.4 Å². The lowest BCUT2D eigenvalue weighted by Crippen LogP contribution is -2.59. The quantitative estimate of drug-likeness (QED) is 0.594. The van der Waals surface area contributed by atoms with E-state index in [1.54, 1.807) is 6.08 Å². The molecule has 2 heterocycles. The Morgan fingerprint density at radius 2 is 1.91 bits per heavy atom. The van der Waals surface area contributed by atoms with Crippen molar-refractivity contribution in [3.63, 3.8) is 0 Å². The highest BCUT2D eigenvalue weighted by atomic mass is 19.4. The first-order chi connectivity index (χ1) is 16.4. The Morgan fingerprint density at radius 1 is 1.14 bits per heavy atom. The molecule has 0 aromatic carbocycles. The van der Waals surface area contributed by atoms with Crippen molar-refractivity contribution in [3.8, 4) is 0 Å². The molecule has 3 saturated carbocycles. The lowest BCUT2D eigenvalue weighted by molar-refractivity contribution is -0.141. The van der Waals surface area contributed by atoms with E-state index < -0.39 is 11.9 Å². The average molecular weight is 490 g/mol. The summed E-state index contributed by atoms with van der Waals surface area (Å²) >= 11 is 0. The van der Waals surface area contributed by atoms with E-state index in [0.717, 1.165) is 50.8 Å². The molecule has 35 heavy (non-hydrogen) atoms. The summed E-state index contributed by atoms with van der Waals surface area (Å²) in [7, 11) is 1.93.